The molecule has 0 spiro atoms. The fourth-order valence-electron chi connectivity index (χ4n) is 3.82. The fraction of sp³-hybridized carbons (Fsp3) is 0.417. The molecule has 1 saturated carbocycles. The molecule has 0 saturated heterocycles. The minimum atomic E-state index is -0.481. The summed E-state index contributed by atoms with van der Waals surface area (Å²) in [5.74, 6) is 0.216. The fourth-order valence-corrected chi connectivity index (χ4v) is 4.75. The second-order valence-corrected chi connectivity index (χ2v) is 9.15. The number of nitrogens with one attached hydrogen (secondary N) is 1. The van der Waals surface area contributed by atoms with Gasteiger partial charge >= 0.3 is 0 Å². The molecule has 0 radical (unpaired) electrons. The Labute approximate surface area is 188 Å². The number of benzene rings is 2. The SMILES string of the molecule is CCC(C(=O)NC1CCCC1)N(Cc1ccc(Cl)cc1)C(=O)CSc1ccccc1. The molecule has 0 aromatic heterocycles. The van der Waals surface area contributed by atoms with E-state index in [-0.39, 0.29) is 17.9 Å². The van der Waals surface area contributed by atoms with Crippen molar-refractivity contribution in [2.75, 3.05) is 5.75 Å². The average Bonchev–Trinajstić information content (AvgIpc) is 3.27. The van der Waals surface area contributed by atoms with Gasteiger partial charge in [-0.15, -0.1) is 11.8 Å². The minimum absolute atomic E-state index is 0.0350. The predicted octanol–water partition coefficient (Wildman–Crippen LogP) is 5.30. The molecule has 2 aromatic rings. The standard InChI is InChI=1S/C24H29ClN2O2S/c1-2-22(24(29)26-20-8-6-7-9-20)27(16-18-12-14-19(25)15-13-18)23(28)17-30-21-10-4-3-5-11-21/h3-5,10-15,20,22H,2,6-9,16-17H2,1H3,(H,26,29). The molecule has 3 rings (SSSR count). The van der Waals surface area contributed by atoms with Gasteiger partial charge in [-0.3, -0.25) is 9.59 Å². The first-order valence-corrected chi connectivity index (χ1v) is 11.9. The lowest BCUT2D eigenvalue weighted by Gasteiger charge is -2.31. The van der Waals surface area contributed by atoms with Crippen molar-refractivity contribution in [3.05, 3.63) is 65.2 Å². The monoisotopic (exact) mass is 444 g/mol. The summed E-state index contributed by atoms with van der Waals surface area (Å²) in [7, 11) is 0. The van der Waals surface area contributed by atoms with Crippen LogP contribution in [0.15, 0.2) is 59.5 Å². The van der Waals surface area contributed by atoms with E-state index >= 15 is 0 Å². The molecule has 2 aromatic carbocycles. The molecule has 30 heavy (non-hydrogen) atoms. The molecule has 1 N–H and O–H groups in total. The van der Waals surface area contributed by atoms with Crippen molar-refractivity contribution < 1.29 is 9.59 Å². The number of nitrogens with zero attached hydrogens (tertiary/aromatic N) is 1. The van der Waals surface area contributed by atoms with Crippen LogP contribution < -0.4 is 5.32 Å². The van der Waals surface area contributed by atoms with Crippen LogP contribution >= 0.6 is 23.4 Å². The van der Waals surface area contributed by atoms with E-state index in [9.17, 15) is 9.59 Å². The van der Waals surface area contributed by atoms with Crippen molar-refractivity contribution in [2.45, 2.75) is 62.6 Å². The van der Waals surface area contributed by atoms with Crippen LogP contribution in [-0.2, 0) is 16.1 Å². The maximum absolute atomic E-state index is 13.2. The first-order chi connectivity index (χ1) is 14.6. The molecule has 2 amide bonds. The highest BCUT2D eigenvalue weighted by Crippen LogP contribution is 2.22. The van der Waals surface area contributed by atoms with Crippen molar-refractivity contribution in [3.63, 3.8) is 0 Å². The van der Waals surface area contributed by atoms with Crippen LogP contribution in [0, 0.1) is 0 Å². The summed E-state index contributed by atoms with van der Waals surface area (Å²) in [6.45, 7) is 2.35. The van der Waals surface area contributed by atoms with Crippen LogP contribution in [-0.4, -0.2) is 34.6 Å². The lowest BCUT2D eigenvalue weighted by molar-refractivity contribution is -0.139. The normalized spacial score (nSPS) is 15.0. The molecular formula is C24H29ClN2O2S. The first kappa shape index (κ1) is 22.7. The molecule has 6 heteroatoms. The van der Waals surface area contributed by atoms with E-state index in [1.807, 2.05) is 61.5 Å². The Kier molecular flexibility index (Phi) is 8.64. The van der Waals surface area contributed by atoms with Gasteiger partial charge in [0.2, 0.25) is 11.8 Å². The number of rotatable bonds is 9. The molecular weight excluding hydrogens is 416 g/mol. The van der Waals surface area contributed by atoms with E-state index in [0.717, 1.165) is 36.1 Å². The highest BCUT2D eigenvalue weighted by Gasteiger charge is 2.30. The van der Waals surface area contributed by atoms with Crippen LogP contribution in [0.5, 0.6) is 0 Å². The number of thioether (sulfide) groups is 1. The Balaban J connectivity index is 1.74. The van der Waals surface area contributed by atoms with Gasteiger partial charge < -0.3 is 10.2 Å². The van der Waals surface area contributed by atoms with Gasteiger partial charge in [0.15, 0.2) is 0 Å². The Bertz CT molecular complexity index is 823. The Morgan fingerprint density at radius 3 is 2.40 bits per heavy atom. The predicted molar refractivity (Wildman–Crippen MR) is 124 cm³/mol. The molecule has 0 bridgehead atoms. The summed E-state index contributed by atoms with van der Waals surface area (Å²) in [6.07, 6.45) is 4.94. The summed E-state index contributed by atoms with van der Waals surface area (Å²) < 4.78 is 0. The molecule has 1 fully saturated rings. The van der Waals surface area contributed by atoms with E-state index in [4.69, 9.17) is 11.6 Å². The maximum Gasteiger partial charge on any atom is 0.243 e. The summed E-state index contributed by atoms with van der Waals surface area (Å²) in [5, 5.41) is 3.83. The Morgan fingerprint density at radius 2 is 1.77 bits per heavy atom. The summed E-state index contributed by atoms with van der Waals surface area (Å²) >= 11 is 7.51. The zero-order chi connectivity index (χ0) is 21.3. The van der Waals surface area contributed by atoms with E-state index in [2.05, 4.69) is 5.32 Å². The lowest BCUT2D eigenvalue weighted by Crippen LogP contribution is -2.51. The van der Waals surface area contributed by atoms with Crippen molar-refractivity contribution >= 4 is 35.2 Å². The zero-order valence-corrected chi connectivity index (χ0v) is 18.9. The van der Waals surface area contributed by atoms with Crippen molar-refractivity contribution in [3.8, 4) is 0 Å². The molecule has 0 aliphatic heterocycles. The van der Waals surface area contributed by atoms with Crippen LogP contribution in [0.1, 0.15) is 44.6 Å². The third-order valence-electron chi connectivity index (χ3n) is 5.46. The third kappa shape index (κ3) is 6.51. The van der Waals surface area contributed by atoms with E-state index in [1.54, 1.807) is 4.90 Å². The number of hydrogen-bond acceptors (Lipinski definition) is 3. The second kappa shape index (κ2) is 11.4. The van der Waals surface area contributed by atoms with Crippen LogP contribution in [0.2, 0.25) is 5.02 Å². The topological polar surface area (TPSA) is 49.4 Å². The Hall–Kier alpha value is -1.98. The van der Waals surface area contributed by atoms with Gasteiger partial charge in [0.1, 0.15) is 6.04 Å². The van der Waals surface area contributed by atoms with Crippen molar-refractivity contribution in [1.82, 2.24) is 10.2 Å². The van der Waals surface area contributed by atoms with Gasteiger partial charge in [-0.05, 0) is 49.1 Å². The van der Waals surface area contributed by atoms with Crippen LogP contribution in [0.25, 0.3) is 0 Å². The molecule has 1 unspecified atom stereocenters. The van der Waals surface area contributed by atoms with Gasteiger partial charge in [-0.25, -0.2) is 0 Å². The summed E-state index contributed by atoms with van der Waals surface area (Å²) in [4.78, 5) is 29.1. The smallest absolute Gasteiger partial charge is 0.243 e. The molecule has 0 heterocycles. The number of halogens is 1. The Morgan fingerprint density at radius 1 is 1.10 bits per heavy atom. The van der Waals surface area contributed by atoms with E-state index < -0.39 is 6.04 Å². The van der Waals surface area contributed by atoms with Crippen molar-refractivity contribution in [2.24, 2.45) is 0 Å². The highest BCUT2D eigenvalue weighted by atomic mass is 35.5. The minimum Gasteiger partial charge on any atom is -0.352 e. The van der Waals surface area contributed by atoms with E-state index in [1.165, 1.54) is 11.8 Å². The quantitative estimate of drug-likeness (QED) is 0.534. The van der Waals surface area contributed by atoms with Crippen LogP contribution in [0.4, 0.5) is 0 Å². The molecule has 1 aliphatic carbocycles. The van der Waals surface area contributed by atoms with Gasteiger partial charge in [-0.1, -0.05) is 61.7 Å². The maximum atomic E-state index is 13.2. The van der Waals surface area contributed by atoms with Gasteiger partial charge in [0.05, 0.1) is 5.75 Å². The van der Waals surface area contributed by atoms with Gasteiger partial charge in [0.25, 0.3) is 0 Å². The number of carbonyl (C=O) groups is 2. The number of hydrogen-bond donors (Lipinski definition) is 1. The molecule has 4 nitrogen and oxygen atoms in total. The van der Waals surface area contributed by atoms with Crippen LogP contribution in [0.3, 0.4) is 0 Å². The third-order valence-corrected chi connectivity index (χ3v) is 6.71. The van der Waals surface area contributed by atoms with Gasteiger partial charge in [0, 0.05) is 22.5 Å². The molecule has 1 atom stereocenters. The second-order valence-electron chi connectivity index (χ2n) is 7.66. The highest BCUT2D eigenvalue weighted by molar-refractivity contribution is 8.00. The number of carbonyl (C=O) groups excluding carboxylic acids is 2. The lowest BCUT2D eigenvalue weighted by atomic mass is 10.1. The molecule has 1 aliphatic rings. The van der Waals surface area contributed by atoms with Gasteiger partial charge in [-0.2, -0.15) is 0 Å². The summed E-state index contributed by atoms with van der Waals surface area (Å²) in [5.41, 5.74) is 0.963. The zero-order valence-electron chi connectivity index (χ0n) is 17.4. The average molecular weight is 445 g/mol. The number of amides is 2. The van der Waals surface area contributed by atoms with Crippen molar-refractivity contribution in [1.29, 1.82) is 0 Å². The largest absolute Gasteiger partial charge is 0.352 e. The van der Waals surface area contributed by atoms with E-state index in [0.29, 0.717) is 23.7 Å². The summed E-state index contributed by atoms with van der Waals surface area (Å²) in [6, 6.07) is 17.1. The first-order valence-electron chi connectivity index (χ1n) is 10.6. The molecule has 160 valence electrons.